The van der Waals surface area contributed by atoms with Crippen LogP contribution in [0.3, 0.4) is 0 Å². The maximum atomic E-state index is 14.0. The SMILES string of the molecule is CC(C)[C@H](NC(=O)OCc1ccccc1)C(=O)N[C@@H](Cc1ccccc1)[C@@H](O)[C@H](CO)[C@H](Cc1ccccc1)NC(=O)[C@H](CC(N)=O)NC(=O)OCc1ccccc1. The Bertz CT molecular complexity index is 1880. The van der Waals surface area contributed by atoms with Gasteiger partial charge in [-0.15, -0.1) is 0 Å². The third-order valence-corrected chi connectivity index (χ3v) is 9.49. The van der Waals surface area contributed by atoms with Gasteiger partial charge in [0.25, 0.3) is 0 Å². The summed E-state index contributed by atoms with van der Waals surface area (Å²) in [6.07, 6.45) is -3.61. The average molecular weight is 796 g/mol. The Labute approximate surface area is 338 Å². The van der Waals surface area contributed by atoms with Crippen molar-refractivity contribution in [3.8, 4) is 0 Å². The number of hydrogen-bond donors (Lipinski definition) is 7. The van der Waals surface area contributed by atoms with E-state index < -0.39 is 85.0 Å². The lowest BCUT2D eigenvalue weighted by atomic mass is 9.84. The molecule has 58 heavy (non-hydrogen) atoms. The zero-order valence-electron chi connectivity index (χ0n) is 32.7. The molecular formula is C44H53N5O9. The fourth-order valence-corrected chi connectivity index (χ4v) is 6.37. The maximum absolute atomic E-state index is 14.0. The standard InChI is InChI=1S/C44H53N5O9/c1-29(2)39(49-44(56)58-28-33-21-13-6-14-22-33)42(54)47-36(24-31-17-9-4-10-18-31)40(52)34(26-50)35(23-30-15-7-3-8-16-30)46-41(53)37(25-38(45)51)48-43(55)57-27-32-19-11-5-12-20-32/h3-22,29,34-37,39-40,50,52H,23-28H2,1-2H3,(H2,45,51)(H,46,53)(H,47,54)(H,48,55)(H,49,56)/t34-,35+,36+,37+,39+,40+/m1/s1. The highest BCUT2D eigenvalue weighted by Gasteiger charge is 2.38. The van der Waals surface area contributed by atoms with E-state index in [1.165, 1.54) is 0 Å². The number of alkyl carbamates (subject to hydrolysis) is 2. The molecule has 6 atom stereocenters. The Morgan fingerprint density at radius 3 is 1.43 bits per heavy atom. The molecule has 0 aliphatic rings. The van der Waals surface area contributed by atoms with E-state index in [4.69, 9.17) is 15.2 Å². The number of carbonyl (C=O) groups is 5. The summed E-state index contributed by atoms with van der Waals surface area (Å²) < 4.78 is 10.7. The maximum Gasteiger partial charge on any atom is 0.408 e. The summed E-state index contributed by atoms with van der Waals surface area (Å²) in [6, 6.07) is 31.4. The van der Waals surface area contributed by atoms with Gasteiger partial charge in [-0.05, 0) is 41.0 Å². The van der Waals surface area contributed by atoms with Crippen molar-refractivity contribution in [3.05, 3.63) is 144 Å². The first-order chi connectivity index (χ1) is 27.9. The molecule has 0 radical (unpaired) electrons. The molecular weight excluding hydrogens is 743 g/mol. The summed E-state index contributed by atoms with van der Waals surface area (Å²) in [4.78, 5) is 65.6. The molecule has 0 spiro atoms. The summed E-state index contributed by atoms with van der Waals surface area (Å²) >= 11 is 0. The molecule has 0 heterocycles. The van der Waals surface area contributed by atoms with Gasteiger partial charge in [-0.25, -0.2) is 9.59 Å². The van der Waals surface area contributed by atoms with Gasteiger partial charge >= 0.3 is 12.2 Å². The predicted octanol–water partition coefficient (Wildman–Crippen LogP) is 3.53. The van der Waals surface area contributed by atoms with Crippen molar-refractivity contribution in [3.63, 3.8) is 0 Å². The molecule has 0 saturated heterocycles. The summed E-state index contributed by atoms with van der Waals surface area (Å²) in [5, 5.41) is 33.9. The minimum atomic E-state index is -1.49. The topological polar surface area (TPSA) is 218 Å². The molecule has 14 nitrogen and oxygen atoms in total. The van der Waals surface area contributed by atoms with Crippen LogP contribution in [-0.2, 0) is 49.9 Å². The molecule has 14 heteroatoms. The van der Waals surface area contributed by atoms with Crippen LogP contribution in [0, 0.1) is 11.8 Å². The number of ether oxygens (including phenoxy) is 2. The fourth-order valence-electron chi connectivity index (χ4n) is 6.37. The number of amides is 5. The quantitative estimate of drug-likeness (QED) is 0.0656. The van der Waals surface area contributed by atoms with E-state index in [1.54, 1.807) is 86.6 Å². The average Bonchev–Trinajstić information content (AvgIpc) is 3.22. The van der Waals surface area contributed by atoms with E-state index in [0.717, 1.165) is 16.7 Å². The van der Waals surface area contributed by atoms with E-state index in [9.17, 15) is 34.2 Å². The Morgan fingerprint density at radius 2 is 1.00 bits per heavy atom. The van der Waals surface area contributed by atoms with E-state index in [1.807, 2.05) is 48.5 Å². The fraction of sp³-hybridized carbons (Fsp3) is 0.341. The number of carbonyl (C=O) groups excluding carboxylic acids is 5. The molecule has 0 saturated carbocycles. The number of hydrogen-bond acceptors (Lipinski definition) is 9. The van der Waals surface area contributed by atoms with Crippen LogP contribution >= 0.6 is 0 Å². The Balaban J connectivity index is 1.57. The van der Waals surface area contributed by atoms with Crippen LogP contribution in [0.4, 0.5) is 9.59 Å². The third-order valence-electron chi connectivity index (χ3n) is 9.49. The van der Waals surface area contributed by atoms with Gasteiger partial charge in [0.15, 0.2) is 0 Å². The van der Waals surface area contributed by atoms with Crippen molar-refractivity contribution >= 4 is 29.9 Å². The van der Waals surface area contributed by atoms with Crippen molar-refractivity contribution in [1.29, 1.82) is 0 Å². The van der Waals surface area contributed by atoms with Crippen LogP contribution in [0.15, 0.2) is 121 Å². The molecule has 0 aromatic heterocycles. The number of benzene rings is 4. The second kappa shape index (κ2) is 23.1. The van der Waals surface area contributed by atoms with Crippen molar-refractivity contribution in [2.75, 3.05) is 6.61 Å². The number of rotatable bonds is 21. The lowest BCUT2D eigenvalue weighted by molar-refractivity contribution is -0.129. The molecule has 4 rings (SSSR count). The van der Waals surface area contributed by atoms with Gasteiger partial charge < -0.3 is 46.7 Å². The van der Waals surface area contributed by atoms with Gasteiger partial charge in [0.2, 0.25) is 17.7 Å². The number of aliphatic hydroxyl groups is 2. The molecule has 0 bridgehead atoms. The highest BCUT2D eigenvalue weighted by Crippen LogP contribution is 2.21. The Hall–Kier alpha value is -6.25. The Morgan fingerprint density at radius 1 is 0.586 bits per heavy atom. The number of nitrogens with one attached hydrogen (secondary N) is 4. The smallest absolute Gasteiger partial charge is 0.408 e. The van der Waals surface area contributed by atoms with Gasteiger partial charge in [0, 0.05) is 12.0 Å². The monoisotopic (exact) mass is 795 g/mol. The normalized spacial score (nSPS) is 14.1. The highest BCUT2D eigenvalue weighted by atomic mass is 16.6. The minimum absolute atomic E-state index is 0.00809. The molecule has 0 unspecified atom stereocenters. The molecule has 308 valence electrons. The first-order valence-corrected chi connectivity index (χ1v) is 19.1. The number of primary amides is 1. The van der Waals surface area contributed by atoms with Gasteiger partial charge in [-0.1, -0.05) is 135 Å². The zero-order chi connectivity index (χ0) is 41.9. The van der Waals surface area contributed by atoms with Crippen molar-refractivity contribution in [1.82, 2.24) is 21.3 Å². The zero-order valence-corrected chi connectivity index (χ0v) is 32.7. The number of aliphatic hydroxyl groups excluding tert-OH is 2. The third kappa shape index (κ3) is 14.7. The summed E-state index contributed by atoms with van der Waals surface area (Å²) in [7, 11) is 0. The van der Waals surface area contributed by atoms with Gasteiger partial charge in [0.1, 0.15) is 25.3 Å². The lowest BCUT2D eigenvalue weighted by Gasteiger charge is -2.36. The molecule has 5 amide bonds. The van der Waals surface area contributed by atoms with Crippen LogP contribution in [0.25, 0.3) is 0 Å². The van der Waals surface area contributed by atoms with Crippen molar-refractivity contribution < 1.29 is 43.7 Å². The van der Waals surface area contributed by atoms with E-state index >= 15 is 0 Å². The van der Waals surface area contributed by atoms with E-state index in [-0.39, 0.29) is 26.1 Å². The van der Waals surface area contributed by atoms with Crippen LogP contribution in [0.5, 0.6) is 0 Å². The van der Waals surface area contributed by atoms with Gasteiger partial charge in [-0.2, -0.15) is 0 Å². The number of nitrogens with two attached hydrogens (primary N) is 1. The summed E-state index contributed by atoms with van der Waals surface area (Å²) in [6.45, 7) is 2.75. The Kier molecular flexibility index (Phi) is 17.7. The van der Waals surface area contributed by atoms with E-state index in [2.05, 4.69) is 21.3 Å². The second-order valence-electron chi connectivity index (χ2n) is 14.3. The summed E-state index contributed by atoms with van der Waals surface area (Å²) in [5.41, 5.74) is 8.43. The minimum Gasteiger partial charge on any atom is -0.445 e. The lowest BCUT2D eigenvalue weighted by Crippen LogP contribution is -2.60. The molecule has 4 aromatic rings. The van der Waals surface area contributed by atoms with Crippen LogP contribution in [0.2, 0.25) is 0 Å². The van der Waals surface area contributed by atoms with Crippen LogP contribution in [-0.4, -0.2) is 77.0 Å². The van der Waals surface area contributed by atoms with Crippen LogP contribution in [0.1, 0.15) is 42.5 Å². The van der Waals surface area contributed by atoms with Crippen molar-refractivity contribution in [2.24, 2.45) is 17.6 Å². The molecule has 8 N–H and O–H groups in total. The van der Waals surface area contributed by atoms with Crippen LogP contribution < -0.4 is 27.0 Å². The molecule has 4 aromatic carbocycles. The molecule has 0 aliphatic heterocycles. The highest BCUT2D eigenvalue weighted by molar-refractivity contribution is 5.90. The van der Waals surface area contributed by atoms with Crippen molar-refractivity contribution in [2.45, 2.75) is 76.6 Å². The van der Waals surface area contributed by atoms with Gasteiger partial charge in [-0.3, -0.25) is 14.4 Å². The van der Waals surface area contributed by atoms with E-state index in [0.29, 0.717) is 5.56 Å². The predicted molar refractivity (Wildman–Crippen MR) is 216 cm³/mol. The second-order valence-corrected chi connectivity index (χ2v) is 14.3. The first-order valence-electron chi connectivity index (χ1n) is 19.1. The molecule has 0 fully saturated rings. The first kappa shape index (κ1) is 44.5. The van der Waals surface area contributed by atoms with Gasteiger partial charge in [0.05, 0.1) is 25.2 Å². The largest absolute Gasteiger partial charge is 0.445 e. The molecule has 0 aliphatic carbocycles. The summed E-state index contributed by atoms with van der Waals surface area (Å²) in [5.74, 6) is -3.80.